The normalized spacial score (nSPS) is 15.7. The van der Waals surface area contributed by atoms with Gasteiger partial charge in [0.1, 0.15) is 5.75 Å². The van der Waals surface area contributed by atoms with Gasteiger partial charge >= 0.3 is 0 Å². The summed E-state index contributed by atoms with van der Waals surface area (Å²) in [5.41, 5.74) is 2.93. The van der Waals surface area contributed by atoms with Gasteiger partial charge in [-0.2, -0.15) is 0 Å². The van der Waals surface area contributed by atoms with Crippen LogP contribution >= 0.6 is 0 Å². The maximum atomic E-state index is 12.1. The van der Waals surface area contributed by atoms with Crippen molar-refractivity contribution in [3.63, 3.8) is 0 Å². The van der Waals surface area contributed by atoms with Crippen LogP contribution in [0, 0.1) is 19.8 Å². The summed E-state index contributed by atoms with van der Waals surface area (Å²) in [6.07, 6.45) is 0. The molecule has 1 aliphatic heterocycles. The molecule has 0 spiro atoms. The zero-order chi connectivity index (χ0) is 11.7. The number of benzene rings is 1. The first-order valence-electron chi connectivity index (χ1n) is 5.54. The molecule has 1 aromatic rings. The number of ether oxygens (including phenoxy) is 1. The van der Waals surface area contributed by atoms with Crippen LogP contribution in [-0.4, -0.2) is 26.0 Å². The van der Waals surface area contributed by atoms with Gasteiger partial charge in [-0.3, -0.25) is 4.79 Å². The van der Waals surface area contributed by atoms with Gasteiger partial charge in [0, 0.05) is 24.6 Å². The third-order valence-electron chi connectivity index (χ3n) is 3.38. The van der Waals surface area contributed by atoms with E-state index < -0.39 is 0 Å². The molecule has 1 saturated heterocycles. The van der Waals surface area contributed by atoms with Crippen LogP contribution in [0.3, 0.4) is 0 Å². The van der Waals surface area contributed by atoms with Gasteiger partial charge in [0.25, 0.3) is 0 Å². The molecule has 3 nitrogen and oxygen atoms in total. The number of Topliss-reactive ketones (excluding diaryl/α,β-unsaturated/α-hetero) is 1. The Balaban J connectivity index is 2.34. The van der Waals surface area contributed by atoms with Crippen LogP contribution in [0.25, 0.3) is 0 Å². The van der Waals surface area contributed by atoms with Crippen molar-refractivity contribution in [2.24, 2.45) is 5.92 Å². The summed E-state index contributed by atoms with van der Waals surface area (Å²) < 4.78 is 5.24. The first-order chi connectivity index (χ1) is 7.65. The maximum absolute atomic E-state index is 12.1. The Hall–Kier alpha value is -1.35. The fraction of sp³-hybridized carbons (Fsp3) is 0.462. The van der Waals surface area contributed by atoms with Gasteiger partial charge in [-0.05, 0) is 37.1 Å². The van der Waals surface area contributed by atoms with Gasteiger partial charge in [0.05, 0.1) is 7.11 Å². The molecule has 1 aliphatic rings. The van der Waals surface area contributed by atoms with E-state index in [1.54, 1.807) is 7.11 Å². The Kier molecular flexibility index (Phi) is 2.97. The molecule has 86 valence electrons. The molecule has 0 unspecified atom stereocenters. The average Bonchev–Trinajstić information content (AvgIpc) is 2.19. The highest BCUT2D eigenvalue weighted by Gasteiger charge is 2.27. The molecule has 1 aromatic carbocycles. The summed E-state index contributed by atoms with van der Waals surface area (Å²) in [5.74, 6) is 1.26. The Morgan fingerprint density at radius 2 is 2.00 bits per heavy atom. The minimum atomic E-state index is 0.159. The molecule has 16 heavy (non-hydrogen) atoms. The van der Waals surface area contributed by atoms with Crippen LogP contribution < -0.4 is 10.1 Å². The highest BCUT2D eigenvalue weighted by Crippen LogP contribution is 2.26. The molecular formula is C13H17NO2. The lowest BCUT2D eigenvalue weighted by Gasteiger charge is -2.26. The molecule has 1 N–H and O–H groups in total. The lowest BCUT2D eigenvalue weighted by atomic mass is 9.89. The molecule has 0 saturated carbocycles. The van der Waals surface area contributed by atoms with E-state index in [0.717, 1.165) is 35.5 Å². The van der Waals surface area contributed by atoms with Gasteiger partial charge in [-0.15, -0.1) is 0 Å². The van der Waals surface area contributed by atoms with E-state index in [-0.39, 0.29) is 11.7 Å². The third kappa shape index (κ3) is 1.71. The highest BCUT2D eigenvalue weighted by molar-refractivity contribution is 6.00. The molecule has 0 atom stereocenters. The van der Waals surface area contributed by atoms with Crippen molar-refractivity contribution in [1.82, 2.24) is 5.32 Å². The Morgan fingerprint density at radius 3 is 2.50 bits per heavy atom. The molecule has 2 rings (SSSR count). The number of carbonyl (C=O) groups is 1. The molecule has 1 heterocycles. The van der Waals surface area contributed by atoms with E-state index >= 15 is 0 Å². The summed E-state index contributed by atoms with van der Waals surface area (Å²) in [4.78, 5) is 12.1. The summed E-state index contributed by atoms with van der Waals surface area (Å²) in [5, 5.41) is 3.12. The predicted octanol–water partition coefficient (Wildman–Crippen LogP) is 1.71. The maximum Gasteiger partial charge on any atom is 0.168 e. The van der Waals surface area contributed by atoms with E-state index in [0.29, 0.717) is 0 Å². The van der Waals surface area contributed by atoms with Gasteiger partial charge in [0.15, 0.2) is 5.78 Å². The summed E-state index contributed by atoms with van der Waals surface area (Å²) in [7, 11) is 1.65. The van der Waals surface area contributed by atoms with Gasteiger partial charge < -0.3 is 10.1 Å². The topological polar surface area (TPSA) is 38.3 Å². The van der Waals surface area contributed by atoms with Crippen LogP contribution in [-0.2, 0) is 0 Å². The molecule has 0 amide bonds. The summed E-state index contributed by atoms with van der Waals surface area (Å²) in [6, 6.07) is 3.75. The first-order valence-corrected chi connectivity index (χ1v) is 5.54. The van der Waals surface area contributed by atoms with E-state index in [1.165, 1.54) is 0 Å². The first kappa shape index (κ1) is 11.1. The van der Waals surface area contributed by atoms with Crippen molar-refractivity contribution >= 4 is 5.78 Å². The van der Waals surface area contributed by atoms with E-state index in [1.807, 2.05) is 26.0 Å². The van der Waals surface area contributed by atoms with Gasteiger partial charge in [-0.25, -0.2) is 0 Å². The number of carbonyl (C=O) groups excluding carboxylic acids is 1. The Morgan fingerprint density at radius 1 is 1.31 bits per heavy atom. The second-order valence-corrected chi connectivity index (χ2v) is 4.28. The van der Waals surface area contributed by atoms with Crippen molar-refractivity contribution in [1.29, 1.82) is 0 Å². The zero-order valence-corrected chi connectivity index (χ0v) is 9.96. The van der Waals surface area contributed by atoms with Crippen molar-refractivity contribution in [2.75, 3.05) is 20.2 Å². The van der Waals surface area contributed by atoms with Crippen LogP contribution in [0.2, 0.25) is 0 Å². The third-order valence-corrected chi connectivity index (χ3v) is 3.38. The molecule has 0 bridgehead atoms. The van der Waals surface area contributed by atoms with Crippen molar-refractivity contribution < 1.29 is 9.53 Å². The molecule has 0 aromatic heterocycles. The Labute approximate surface area is 95.8 Å². The Bertz CT molecular complexity index is 422. The number of hydrogen-bond acceptors (Lipinski definition) is 3. The van der Waals surface area contributed by atoms with Crippen LogP contribution in [0.1, 0.15) is 21.5 Å². The summed E-state index contributed by atoms with van der Waals surface area (Å²) in [6.45, 7) is 5.59. The molecule has 0 aliphatic carbocycles. The number of rotatable bonds is 3. The number of nitrogens with one attached hydrogen (secondary N) is 1. The van der Waals surface area contributed by atoms with Crippen LogP contribution in [0.5, 0.6) is 5.75 Å². The zero-order valence-electron chi connectivity index (χ0n) is 9.96. The van der Waals surface area contributed by atoms with Crippen molar-refractivity contribution in [2.45, 2.75) is 13.8 Å². The molecule has 0 radical (unpaired) electrons. The van der Waals surface area contributed by atoms with Gasteiger partial charge in [0.2, 0.25) is 0 Å². The number of methoxy groups -OCH3 is 1. The lowest BCUT2D eigenvalue weighted by molar-refractivity contribution is 0.0877. The van der Waals surface area contributed by atoms with Crippen molar-refractivity contribution in [3.8, 4) is 5.75 Å². The smallest absolute Gasteiger partial charge is 0.168 e. The fourth-order valence-corrected chi connectivity index (χ4v) is 1.98. The molecular weight excluding hydrogens is 202 g/mol. The van der Waals surface area contributed by atoms with E-state index in [4.69, 9.17) is 4.74 Å². The van der Waals surface area contributed by atoms with E-state index in [2.05, 4.69) is 5.32 Å². The summed E-state index contributed by atoms with van der Waals surface area (Å²) >= 11 is 0. The molecule has 3 heteroatoms. The second kappa shape index (κ2) is 4.26. The average molecular weight is 219 g/mol. The standard InChI is InChI=1S/C13H17NO2/c1-8-9(2)12(16-3)5-4-11(8)13(15)10-6-14-7-10/h4-5,10,14H,6-7H2,1-3H3. The molecule has 1 fully saturated rings. The van der Waals surface area contributed by atoms with Gasteiger partial charge in [-0.1, -0.05) is 0 Å². The fourth-order valence-electron chi connectivity index (χ4n) is 1.98. The monoisotopic (exact) mass is 219 g/mol. The largest absolute Gasteiger partial charge is 0.496 e. The minimum absolute atomic E-state index is 0.159. The predicted molar refractivity (Wildman–Crippen MR) is 63.2 cm³/mol. The second-order valence-electron chi connectivity index (χ2n) is 4.28. The number of hydrogen-bond donors (Lipinski definition) is 1. The van der Waals surface area contributed by atoms with E-state index in [9.17, 15) is 4.79 Å². The quantitative estimate of drug-likeness (QED) is 0.787. The SMILES string of the molecule is COc1ccc(C(=O)C2CNC2)c(C)c1C. The van der Waals surface area contributed by atoms with Crippen molar-refractivity contribution in [3.05, 3.63) is 28.8 Å². The minimum Gasteiger partial charge on any atom is -0.496 e. The lowest BCUT2D eigenvalue weighted by Crippen LogP contribution is -2.46. The highest BCUT2D eigenvalue weighted by atomic mass is 16.5. The van der Waals surface area contributed by atoms with Crippen LogP contribution in [0.4, 0.5) is 0 Å². The van der Waals surface area contributed by atoms with Crippen LogP contribution in [0.15, 0.2) is 12.1 Å². The number of ketones is 1.